The lowest BCUT2D eigenvalue weighted by atomic mass is 10.1. The molecule has 0 bridgehead atoms. The number of benzene rings is 1. The molecule has 0 saturated carbocycles. The summed E-state index contributed by atoms with van der Waals surface area (Å²) >= 11 is 0. The number of nitrogens with zero attached hydrogens (tertiary/aromatic N) is 4. The SMILES string of the molecule is Cc1c(F)ccc(-c2ccc(CN3C=CN(C)C3)nn2)c1F. The Morgan fingerprint density at radius 1 is 1.09 bits per heavy atom. The number of hydrogen-bond donors (Lipinski definition) is 0. The molecule has 0 aliphatic carbocycles. The Bertz CT molecular complexity index is 713. The van der Waals surface area contributed by atoms with E-state index in [1.54, 1.807) is 6.07 Å². The summed E-state index contributed by atoms with van der Waals surface area (Å²) < 4.78 is 27.4. The highest BCUT2D eigenvalue weighted by Gasteiger charge is 2.14. The van der Waals surface area contributed by atoms with Crippen LogP contribution in [0, 0.1) is 18.6 Å². The van der Waals surface area contributed by atoms with Crippen molar-refractivity contribution in [3.8, 4) is 11.3 Å². The van der Waals surface area contributed by atoms with Crippen LogP contribution in [-0.4, -0.2) is 33.7 Å². The highest BCUT2D eigenvalue weighted by atomic mass is 19.1. The first-order valence-electron chi connectivity index (χ1n) is 6.95. The predicted molar refractivity (Wildman–Crippen MR) is 79.4 cm³/mol. The van der Waals surface area contributed by atoms with Crippen molar-refractivity contribution in [2.75, 3.05) is 13.7 Å². The monoisotopic (exact) mass is 302 g/mol. The molecule has 1 aromatic carbocycles. The third-order valence-corrected chi connectivity index (χ3v) is 3.62. The van der Waals surface area contributed by atoms with Crippen molar-refractivity contribution < 1.29 is 8.78 Å². The van der Waals surface area contributed by atoms with Gasteiger partial charge in [-0.15, -0.1) is 0 Å². The molecule has 6 heteroatoms. The summed E-state index contributed by atoms with van der Waals surface area (Å²) in [4.78, 5) is 4.14. The van der Waals surface area contributed by atoms with Crippen molar-refractivity contribution in [2.24, 2.45) is 0 Å². The van der Waals surface area contributed by atoms with E-state index in [0.29, 0.717) is 12.2 Å². The van der Waals surface area contributed by atoms with E-state index >= 15 is 0 Å². The molecule has 4 nitrogen and oxygen atoms in total. The smallest absolute Gasteiger partial charge is 0.138 e. The Morgan fingerprint density at radius 3 is 2.55 bits per heavy atom. The van der Waals surface area contributed by atoms with Gasteiger partial charge in [0.05, 0.1) is 24.6 Å². The Kier molecular flexibility index (Phi) is 3.75. The molecular weight excluding hydrogens is 286 g/mol. The fourth-order valence-corrected chi connectivity index (χ4v) is 2.35. The average Bonchev–Trinajstić information content (AvgIpc) is 2.91. The van der Waals surface area contributed by atoms with Crippen LogP contribution >= 0.6 is 0 Å². The Hall–Kier alpha value is -2.50. The lowest BCUT2D eigenvalue weighted by Crippen LogP contribution is -2.22. The zero-order chi connectivity index (χ0) is 15.7. The molecule has 1 aliphatic rings. The van der Waals surface area contributed by atoms with Crippen molar-refractivity contribution in [3.63, 3.8) is 0 Å². The fourth-order valence-electron chi connectivity index (χ4n) is 2.35. The largest absolute Gasteiger partial charge is 0.362 e. The second-order valence-electron chi connectivity index (χ2n) is 5.39. The van der Waals surface area contributed by atoms with Gasteiger partial charge in [-0.3, -0.25) is 0 Å². The summed E-state index contributed by atoms with van der Waals surface area (Å²) in [5.41, 5.74) is 1.45. The van der Waals surface area contributed by atoms with E-state index in [-0.39, 0.29) is 11.1 Å². The highest BCUT2D eigenvalue weighted by molar-refractivity contribution is 5.60. The zero-order valence-corrected chi connectivity index (χ0v) is 12.4. The van der Waals surface area contributed by atoms with Crippen LogP contribution < -0.4 is 0 Å². The van der Waals surface area contributed by atoms with Crippen molar-refractivity contribution in [1.82, 2.24) is 20.0 Å². The fraction of sp³-hybridized carbons (Fsp3) is 0.250. The maximum Gasteiger partial charge on any atom is 0.138 e. The quantitative estimate of drug-likeness (QED) is 0.872. The maximum absolute atomic E-state index is 14.1. The van der Waals surface area contributed by atoms with Gasteiger partial charge in [0, 0.05) is 30.6 Å². The molecule has 22 heavy (non-hydrogen) atoms. The Labute approximate surface area is 127 Å². The second kappa shape index (κ2) is 5.71. The van der Waals surface area contributed by atoms with Gasteiger partial charge < -0.3 is 9.80 Å². The van der Waals surface area contributed by atoms with E-state index in [4.69, 9.17) is 0 Å². The molecule has 1 aliphatic heterocycles. The van der Waals surface area contributed by atoms with Crippen LogP contribution in [0.15, 0.2) is 36.7 Å². The number of aromatic nitrogens is 2. The molecule has 0 saturated heterocycles. The lowest BCUT2D eigenvalue weighted by Gasteiger charge is -2.17. The van der Waals surface area contributed by atoms with E-state index in [9.17, 15) is 8.78 Å². The van der Waals surface area contributed by atoms with Gasteiger partial charge in [-0.25, -0.2) is 8.78 Å². The summed E-state index contributed by atoms with van der Waals surface area (Å²) in [6, 6.07) is 6.15. The third-order valence-electron chi connectivity index (χ3n) is 3.62. The third kappa shape index (κ3) is 2.77. The van der Waals surface area contributed by atoms with E-state index < -0.39 is 11.6 Å². The van der Waals surface area contributed by atoms with Gasteiger partial charge in [-0.2, -0.15) is 10.2 Å². The van der Waals surface area contributed by atoms with Gasteiger partial charge in [0.15, 0.2) is 0 Å². The van der Waals surface area contributed by atoms with Crippen LogP contribution in [-0.2, 0) is 6.54 Å². The minimum atomic E-state index is -0.592. The summed E-state index contributed by atoms with van der Waals surface area (Å²) in [6.07, 6.45) is 3.97. The molecule has 0 unspecified atom stereocenters. The van der Waals surface area contributed by atoms with Crippen LogP contribution in [0.2, 0.25) is 0 Å². The number of rotatable bonds is 3. The molecule has 2 aromatic rings. The first-order valence-corrected chi connectivity index (χ1v) is 6.95. The molecule has 0 N–H and O–H groups in total. The molecule has 3 rings (SSSR count). The number of halogens is 2. The number of hydrogen-bond acceptors (Lipinski definition) is 4. The summed E-state index contributed by atoms with van der Waals surface area (Å²) in [5.74, 6) is -1.15. The van der Waals surface area contributed by atoms with Gasteiger partial charge >= 0.3 is 0 Å². The molecule has 0 spiro atoms. The second-order valence-corrected chi connectivity index (χ2v) is 5.39. The molecular formula is C16H16F2N4. The van der Waals surface area contributed by atoms with Gasteiger partial charge in [0.1, 0.15) is 11.6 Å². The van der Waals surface area contributed by atoms with Crippen molar-refractivity contribution in [3.05, 3.63) is 59.6 Å². The van der Waals surface area contributed by atoms with Crippen LogP contribution in [0.1, 0.15) is 11.3 Å². The van der Waals surface area contributed by atoms with Crippen molar-refractivity contribution in [2.45, 2.75) is 13.5 Å². The minimum absolute atomic E-state index is 0.00591. The summed E-state index contributed by atoms with van der Waals surface area (Å²) in [7, 11) is 1.99. The normalized spacial score (nSPS) is 14.0. The predicted octanol–water partition coefficient (Wildman–Crippen LogP) is 2.91. The van der Waals surface area contributed by atoms with E-state index in [0.717, 1.165) is 12.4 Å². The van der Waals surface area contributed by atoms with E-state index in [1.807, 2.05) is 25.5 Å². The highest BCUT2D eigenvalue weighted by Crippen LogP contribution is 2.24. The first-order chi connectivity index (χ1) is 10.5. The van der Waals surface area contributed by atoms with Gasteiger partial charge in [0.2, 0.25) is 0 Å². The summed E-state index contributed by atoms with van der Waals surface area (Å²) in [5, 5.41) is 8.20. The summed E-state index contributed by atoms with van der Waals surface area (Å²) in [6.45, 7) is 2.85. The minimum Gasteiger partial charge on any atom is -0.362 e. The zero-order valence-electron chi connectivity index (χ0n) is 12.4. The molecule has 0 amide bonds. The van der Waals surface area contributed by atoms with E-state index in [2.05, 4.69) is 20.0 Å². The standard InChI is InChI=1S/C16H16F2N4/c1-11-14(17)5-4-13(16(11)18)15-6-3-12(19-20-15)9-22-8-7-21(2)10-22/h3-8H,9-10H2,1-2H3. The molecule has 2 heterocycles. The first kappa shape index (κ1) is 14.4. The molecule has 0 atom stereocenters. The molecule has 0 fully saturated rings. The molecule has 1 aromatic heterocycles. The van der Waals surface area contributed by atoms with E-state index in [1.165, 1.54) is 19.1 Å². The van der Waals surface area contributed by atoms with Crippen molar-refractivity contribution in [1.29, 1.82) is 0 Å². The van der Waals surface area contributed by atoms with Gasteiger partial charge in [-0.05, 0) is 31.2 Å². The average molecular weight is 302 g/mol. The van der Waals surface area contributed by atoms with Crippen LogP contribution in [0.3, 0.4) is 0 Å². The van der Waals surface area contributed by atoms with Crippen LogP contribution in [0.25, 0.3) is 11.3 Å². The van der Waals surface area contributed by atoms with Crippen molar-refractivity contribution >= 4 is 0 Å². The maximum atomic E-state index is 14.1. The van der Waals surface area contributed by atoms with Crippen LogP contribution in [0.4, 0.5) is 8.78 Å². The molecule has 114 valence electrons. The topological polar surface area (TPSA) is 32.3 Å². The Morgan fingerprint density at radius 2 is 1.91 bits per heavy atom. The van der Waals surface area contributed by atoms with Crippen LogP contribution in [0.5, 0.6) is 0 Å². The van der Waals surface area contributed by atoms with Gasteiger partial charge in [0.25, 0.3) is 0 Å². The Balaban J connectivity index is 1.80. The molecule has 0 radical (unpaired) electrons. The lowest BCUT2D eigenvalue weighted by molar-refractivity contribution is 0.287. The van der Waals surface area contributed by atoms with Gasteiger partial charge in [-0.1, -0.05) is 0 Å².